The average molecular weight is 259 g/mol. The lowest BCUT2D eigenvalue weighted by Crippen LogP contribution is -2.38. The average Bonchev–Trinajstić information content (AvgIpc) is 2.85. The largest absolute Gasteiger partial charge is 0.495 e. The molecule has 0 amide bonds. The fraction of sp³-hybridized carbons (Fsp3) is 0.462. The van der Waals surface area contributed by atoms with E-state index in [-0.39, 0.29) is 5.54 Å². The van der Waals surface area contributed by atoms with E-state index in [1.807, 2.05) is 22.9 Å². The number of hydrogen-bond acceptors (Lipinski definition) is 5. The maximum absolute atomic E-state index is 5.94. The van der Waals surface area contributed by atoms with E-state index in [4.69, 9.17) is 10.5 Å². The number of nitrogens with two attached hydrogens (primary N) is 1. The van der Waals surface area contributed by atoms with Crippen molar-refractivity contribution in [1.82, 2.24) is 20.2 Å². The quantitative estimate of drug-likeness (QED) is 0.851. The van der Waals surface area contributed by atoms with Crippen LogP contribution in [-0.4, -0.2) is 27.3 Å². The van der Waals surface area contributed by atoms with Crippen LogP contribution in [0.5, 0.6) is 5.75 Å². The number of rotatable bonds is 3. The lowest BCUT2D eigenvalue weighted by molar-refractivity contribution is 0.148. The molecule has 0 unspecified atom stereocenters. The van der Waals surface area contributed by atoms with Crippen LogP contribution in [0, 0.1) is 0 Å². The highest BCUT2D eigenvalue weighted by atomic mass is 16.5. The number of benzene rings is 1. The Labute approximate surface area is 111 Å². The molecule has 0 aliphatic heterocycles. The summed E-state index contributed by atoms with van der Waals surface area (Å²) < 4.78 is 7.08. The van der Waals surface area contributed by atoms with Gasteiger partial charge in [-0.1, -0.05) is 0 Å². The van der Waals surface area contributed by atoms with Crippen LogP contribution in [0.25, 0.3) is 11.4 Å². The van der Waals surface area contributed by atoms with E-state index >= 15 is 0 Å². The number of nitrogen functional groups attached to an aromatic ring is 1. The zero-order valence-electron chi connectivity index (χ0n) is 11.1. The number of anilines is 1. The lowest BCUT2D eigenvalue weighted by Gasteiger charge is -2.38. The molecule has 6 heteroatoms. The Morgan fingerprint density at radius 3 is 2.74 bits per heavy atom. The van der Waals surface area contributed by atoms with E-state index < -0.39 is 0 Å². The van der Waals surface area contributed by atoms with Crippen molar-refractivity contribution in [2.45, 2.75) is 31.7 Å². The van der Waals surface area contributed by atoms with Gasteiger partial charge in [-0.3, -0.25) is 0 Å². The number of tetrazole rings is 1. The summed E-state index contributed by atoms with van der Waals surface area (Å²) in [6.45, 7) is 2.18. The van der Waals surface area contributed by atoms with Gasteiger partial charge in [-0.25, -0.2) is 4.68 Å². The zero-order chi connectivity index (χ0) is 13.5. The Morgan fingerprint density at radius 1 is 1.37 bits per heavy atom. The minimum atomic E-state index is 0.0352. The molecule has 0 spiro atoms. The summed E-state index contributed by atoms with van der Waals surface area (Å²) in [7, 11) is 1.60. The predicted octanol–water partition coefficient (Wildman–Crippen LogP) is 1.83. The minimum Gasteiger partial charge on any atom is -0.495 e. The van der Waals surface area contributed by atoms with Gasteiger partial charge in [0.2, 0.25) is 0 Å². The van der Waals surface area contributed by atoms with E-state index in [0.717, 1.165) is 24.2 Å². The first-order valence-corrected chi connectivity index (χ1v) is 6.37. The molecule has 0 atom stereocenters. The van der Waals surface area contributed by atoms with E-state index in [1.54, 1.807) is 7.11 Å². The summed E-state index contributed by atoms with van der Waals surface area (Å²) in [6.07, 6.45) is 3.44. The van der Waals surface area contributed by atoms with Crippen molar-refractivity contribution in [3.63, 3.8) is 0 Å². The zero-order valence-corrected chi connectivity index (χ0v) is 11.1. The standard InChI is InChI=1S/C13H17N5O/c1-13(6-3-7-13)18-12(15-16-17-18)9-4-5-11(19-2)10(14)8-9/h4-5,8H,3,6-7,14H2,1-2H3. The van der Waals surface area contributed by atoms with Gasteiger partial charge in [0, 0.05) is 5.56 Å². The molecule has 2 N–H and O–H groups in total. The van der Waals surface area contributed by atoms with Crippen molar-refractivity contribution in [3.8, 4) is 17.1 Å². The van der Waals surface area contributed by atoms with Crippen molar-refractivity contribution >= 4 is 5.69 Å². The molecule has 1 heterocycles. The monoisotopic (exact) mass is 259 g/mol. The van der Waals surface area contributed by atoms with Crippen LogP contribution in [0.1, 0.15) is 26.2 Å². The summed E-state index contributed by atoms with van der Waals surface area (Å²) in [4.78, 5) is 0. The molecule has 1 saturated carbocycles. The van der Waals surface area contributed by atoms with Crippen LogP contribution in [-0.2, 0) is 5.54 Å². The number of hydrogen-bond donors (Lipinski definition) is 1. The highest BCUT2D eigenvalue weighted by Crippen LogP contribution is 2.40. The van der Waals surface area contributed by atoms with Crippen LogP contribution >= 0.6 is 0 Å². The molecule has 19 heavy (non-hydrogen) atoms. The van der Waals surface area contributed by atoms with Crippen molar-refractivity contribution in [2.24, 2.45) is 0 Å². The Kier molecular flexibility index (Phi) is 2.66. The van der Waals surface area contributed by atoms with Gasteiger partial charge in [-0.2, -0.15) is 0 Å². The topological polar surface area (TPSA) is 78.9 Å². The van der Waals surface area contributed by atoms with Crippen LogP contribution in [0.15, 0.2) is 18.2 Å². The summed E-state index contributed by atoms with van der Waals surface area (Å²) in [5.41, 5.74) is 7.48. The maximum atomic E-state index is 5.94. The Hall–Kier alpha value is -2.11. The van der Waals surface area contributed by atoms with Gasteiger partial charge < -0.3 is 10.5 Å². The highest BCUT2D eigenvalue weighted by Gasteiger charge is 2.37. The Balaban J connectivity index is 2.03. The smallest absolute Gasteiger partial charge is 0.182 e. The fourth-order valence-electron chi connectivity index (χ4n) is 2.50. The van der Waals surface area contributed by atoms with Gasteiger partial charge in [0.25, 0.3) is 0 Å². The summed E-state index contributed by atoms with van der Waals surface area (Å²) in [5, 5.41) is 12.1. The Bertz CT molecular complexity index is 603. The van der Waals surface area contributed by atoms with E-state index in [1.165, 1.54) is 6.42 Å². The predicted molar refractivity (Wildman–Crippen MR) is 71.7 cm³/mol. The van der Waals surface area contributed by atoms with Crippen LogP contribution in [0.3, 0.4) is 0 Å². The summed E-state index contributed by atoms with van der Waals surface area (Å²) in [5.74, 6) is 1.43. The van der Waals surface area contributed by atoms with E-state index in [0.29, 0.717) is 11.4 Å². The molecule has 3 rings (SSSR count). The van der Waals surface area contributed by atoms with Crippen molar-refractivity contribution < 1.29 is 4.74 Å². The van der Waals surface area contributed by atoms with Crippen molar-refractivity contribution in [1.29, 1.82) is 0 Å². The molecule has 0 saturated heterocycles. The van der Waals surface area contributed by atoms with Gasteiger partial charge in [-0.15, -0.1) is 5.10 Å². The maximum Gasteiger partial charge on any atom is 0.182 e. The molecule has 0 bridgehead atoms. The number of nitrogens with zero attached hydrogens (tertiary/aromatic N) is 4. The molecule has 6 nitrogen and oxygen atoms in total. The number of methoxy groups -OCH3 is 1. The van der Waals surface area contributed by atoms with Crippen molar-refractivity contribution in [2.75, 3.05) is 12.8 Å². The third-order valence-corrected chi connectivity index (χ3v) is 3.90. The second-order valence-corrected chi connectivity index (χ2v) is 5.22. The normalized spacial score (nSPS) is 16.9. The lowest BCUT2D eigenvalue weighted by atomic mass is 9.78. The number of aromatic nitrogens is 4. The van der Waals surface area contributed by atoms with Crippen LogP contribution < -0.4 is 10.5 Å². The Morgan fingerprint density at radius 2 is 2.16 bits per heavy atom. The van der Waals surface area contributed by atoms with Gasteiger partial charge in [0.1, 0.15) is 5.75 Å². The molecule has 2 aromatic rings. The SMILES string of the molecule is COc1ccc(-c2nnnn2C2(C)CCC2)cc1N. The second-order valence-electron chi connectivity index (χ2n) is 5.22. The molecule has 1 aliphatic carbocycles. The van der Waals surface area contributed by atoms with E-state index in [2.05, 4.69) is 22.4 Å². The minimum absolute atomic E-state index is 0.0352. The van der Waals surface area contributed by atoms with Gasteiger partial charge in [0.05, 0.1) is 18.3 Å². The number of ether oxygens (including phenoxy) is 1. The molecular weight excluding hydrogens is 242 g/mol. The van der Waals surface area contributed by atoms with E-state index in [9.17, 15) is 0 Å². The first-order chi connectivity index (χ1) is 9.14. The third kappa shape index (κ3) is 1.83. The van der Waals surface area contributed by atoms with Crippen LogP contribution in [0.4, 0.5) is 5.69 Å². The van der Waals surface area contributed by atoms with Gasteiger partial charge in [0.15, 0.2) is 5.82 Å². The van der Waals surface area contributed by atoms with Gasteiger partial charge in [-0.05, 0) is 54.8 Å². The molecule has 0 radical (unpaired) electrons. The highest BCUT2D eigenvalue weighted by molar-refractivity contribution is 5.66. The van der Waals surface area contributed by atoms with Crippen molar-refractivity contribution in [3.05, 3.63) is 18.2 Å². The second kappa shape index (κ2) is 4.22. The molecule has 1 aromatic heterocycles. The molecule has 100 valence electrons. The molecule has 1 aliphatic rings. The molecule has 1 fully saturated rings. The summed E-state index contributed by atoms with van der Waals surface area (Å²) in [6, 6.07) is 5.62. The first kappa shape index (κ1) is 12.0. The molecule has 1 aromatic carbocycles. The van der Waals surface area contributed by atoms with Gasteiger partial charge >= 0.3 is 0 Å². The third-order valence-electron chi connectivity index (χ3n) is 3.90. The summed E-state index contributed by atoms with van der Waals surface area (Å²) >= 11 is 0. The first-order valence-electron chi connectivity index (χ1n) is 6.37. The van der Waals surface area contributed by atoms with Crippen LogP contribution in [0.2, 0.25) is 0 Å². The fourth-order valence-corrected chi connectivity index (χ4v) is 2.50. The molecular formula is C13H17N5O.